The summed E-state index contributed by atoms with van der Waals surface area (Å²) in [5.74, 6) is 0.546. The number of fused-ring (bicyclic) bond motifs is 1. The fraction of sp³-hybridized carbons (Fsp3) is 0.160. The van der Waals surface area contributed by atoms with E-state index in [0.29, 0.717) is 33.6 Å². The minimum atomic E-state index is -0.122. The van der Waals surface area contributed by atoms with Gasteiger partial charge < -0.3 is 14.6 Å². The Morgan fingerprint density at radius 2 is 2.00 bits per heavy atom. The molecule has 5 rings (SSSR count). The van der Waals surface area contributed by atoms with Gasteiger partial charge in [-0.3, -0.25) is 9.69 Å². The zero-order valence-electron chi connectivity index (χ0n) is 18.6. The molecule has 1 N–H and O–H groups in total. The van der Waals surface area contributed by atoms with Gasteiger partial charge in [0.05, 0.1) is 46.5 Å². The highest BCUT2D eigenvalue weighted by Crippen LogP contribution is 2.50. The minimum Gasteiger partial charge on any atom is -0.467 e. The summed E-state index contributed by atoms with van der Waals surface area (Å²) in [5.41, 5.74) is 3.00. The second kappa shape index (κ2) is 9.33. The summed E-state index contributed by atoms with van der Waals surface area (Å²) in [6.07, 6.45) is 1.59. The lowest BCUT2D eigenvalue weighted by molar-refractivity contribution is -0.122. The molecule has 1 saturated heterocycles. The van der Waals surface area contributed by atoms with E-state index in [-0.39, 0.29) is 12.5 Å². The number of rotatable bonds is 5. The van der Waals surface area contributed by atoms with E-state index in [4.69, 9.17) is 9.41 Å². The molecule has 0 atom stereocenters. The van der Waals surface area contributed by atoms with E-state index in [2.05, 4.69) is 22.4 Å². The smallest absolute Gasteiger partial charge is 0.269 e. The van der Waals surface area contributed by atoms with Crippen LogP contribution in [0.3, 0.4) is 0 Å². The highest BCUT2D eigenvalue weighted by Gasteiger charge is 2.39. The molecule has 2 aromatic carbocycles. The van der Waals surface area contributed by atoms with Crippen LogP contribution in [-0.2, 0) is 11.3 Å². The van der Waals surface area contributed by atoms with Crippen LogP contribution in [0.15, 0.2) is 85.1 Å². The zero-order valence-corrected chi connectivity index (χ0v) is 20.2. The molecule has 2 aliphatic rings. The maximum atomic E-state index is 13.7. The van der Waals surface area contributed by atoms with E-state index in [1.54, 1.807) is 41.1 Å². The van der Waals surface area contributed by atoms with E-state index >= 15 is 0 Å². The van der Waals surface area contributed by atoms with E-state index in [1.165, 1.54) is 11.8 Å². The van der Waals surface area contributed by atoms with Crippen molar-refractivity contribution in [2.75, 3.05) is 23.8 Å². The van der Waals surface area contributed by atoms with Crippen molar-refractivity contribution in [3.05, 3.63) is 82.1 Å². The van der Waals surface area contributed by atoms with Gasteiger partial charge in [0.2, 0.25) is 0 Å². The number of carbonyl (C=O) groups excluding carboxylic acids is 1. The Bertz CT molecular complexity index is 1360. The van der Waals surface area contributed by atoms with Gasteiger partial charge in [-0.15, -0.1) is 0 Å². The quantitative estimate of drug-likeness (QED) is 0.458. The van der Waals surface area contributed by atoms with Gasteiger partial charge in [-0.2, -0.15) is 5.26 Å². The fourth-order valence-electron chi connectivity index (χ4n) is 3.75. The van der Waals surface area contributed by atoms with Crippen LogP contribution < -0.4 is 10.2 Å². The molecule has 1 aromatic heterocycles. The molecule has 3 heterocycles. The lowest BCUT2D eigenvalue weighted by atomic mass is 10.2. The Morgan fingerprint density at radius 3 is 2.74 bits per heavy atom. The fourth-order valence-corrected chi connectivity index (χ4v) is 6.09. The Morgan fingerprint density at radius 1 is 1.15 bits per heavy atom. The van der Waals surface area contributed by atoms with Gasteiger partial charge in [0, 0.05) is 18.5 Å². The van der Waals surface area contributed by atoms with Crippen molar-refractivity contribution < 1.29 is 9.21 Å². The summed E-state index contributed by atoms with van der Waals surface area (Å²) >= 11 is 2.93. The Balaban J connectivity index is 1.59. The van der Waals surface area contributed by atoms with Crippen LogP contribution in [0.25, 0.3) is 0 Å². The van der Waals surface area contributed by atoms with Crippen LogP contribution >= 0.6 is 23.5 Å². The molecule has 2 aliphatic heterocycles. The number of carbonyl (C=O) groups is 1. The second-order valence-electron chi connectivity index (χ2n) is 7.60. The average molecular weight is 488 g/mol. The molecule has 34 heavy (non-hydrogen) atoms. The minimum absolute atomic E-state index is 0.122. The number of aliphatic imine (C=N–C) groups is 1. The summed E-state index contributed by atoms with van der Waals surface area (Å²) in [7, 11) is 1.97. The third-order valence-electron chi connectivity index (χ3n) is 5.40. The summed E-state index contributed by atoms with van der Waals surface area (Å²) in [6.45, 7) is 2.98. The Hall–Kier alpha value is -3.61. The molecule has 0 unspecified atom stereocenters. The molecule has 0 aliphatic carbocycles. The van der Waals surface area contributed by atoms with Crippen molar-refractivity contribution in [1.82, 2.24) is 4.90 Å². The number of anilines is 2. The molecule has 9 heteroatoms. The number of amides is 1. The molecule has 0 spiro atoms. The summed E-state index contributed by atoms with van der Waals surface area (Å²) in [5, 5.41) is 14.1. The van der Waals surface area contributed by atoms with E-state index in [9.17, 15) is 10.1 Å². The first-order chi connectivity index (χ1) is 16.6. The summed E-state index contributed by atoms with van der Waals surface area (Å²) < 4.78 is 5.53. The summed E-state index contributed by atoms with van der Waals surface area (Å²) in [4.78, 5) is 23.9. The number of thioether (sulfide) groups is 2. The molecule has 7 nitrogen and oxygen atoms in total. The standard InChI is InChI=1S/C25H21N5O2S2/c1-3-27-18-11-10-16(14-26)13-19(18)28-25-30(15-17-7-6-12-32-17)23(31)22(34-25)24-29(2)20-8-4-5-9-21(20)33-24/h4-13,27H,3,15H2,1-2H3/b24-22-,28-25?. The average Bonchev–Trinajstić information content (AvgIpc) is 3.56. The third-order valence-corrected chi connectivity index (χ3v) is 7.83. The number of benzene rings is 2. The zero-order chi connectivity index (χ0) is 23.7. The Kier molecular flexibility index (Phi) is 6.09. The normalized spacial score (nSPS) is 18.5. The number of hydrogen-bond donors (Lipinski definition) is 1. The predicted octanol–water partition coefficient (Wildman–Crippen LogP) is 5.76. The number of amidine groups is 1. The first-order valence-corrected chi connectivity index (χ1v) is 12.4. The molecular weight excluding hydrogens is 466 g/mol. The monoisotopic (exact) mass is 487 g/mol. The van der Waals surface area contributed by atoms with Crippen LogP contribution in [0.2, 0.25) is 0 Å². The highest BCUT2D eigenvalue weighted by molar-refractivity contribution is 8.19. The Labute approximate surface area is 206 Å². The maximum absolute atomic E-state index is 13.7. The summed E-state index contributed by atoms with van der Waals surface area (Å²) in [6, 6.07) is 19.2. The van der Waals surface area contributed by atoms with Gasteiger partial charge in [0.1, 0.15) is 10.7 Å². The molecule has 0 saturated carbocycles. The number of para-hydroxylation sites is 1. The van der Waals surface area contributed by atoms with E-state index < -0.39 is 0 Å². The first-order valence-electron chi connectivity index (χ1n) is 10.7. The topological polar surface area (TPSA) is 84.9 Å². The van der Waals surface area contributed by atoms with Gasteiger partial charge >= 0.3 is 0 Å². The van der Waals surface area contributed by atoms with Crippen molar-refractivity contribution in [3.8, 4) is 6.07 Å². The number of nitrogens with one attached hydrogen (secondary N) is 1. The lowest BCUT2D eigenvalue weighted by Crippen LogP contribution is -2.29. The predicted molar refractivity (Wildman–Crippen MR) is 137 cm³/mol. The number of hydrogen-bond acceptors (Lipinski definition) is 8. The molecule has 0 radical (unpaired) electrons. The van der Waals surface area contributed by atoms with Crippen molar-refractivity contribution in [2.45, 2.75) is 18.4 Å². The van der Waals surface area contributed by atoms with Crippen molar-refractivity contribution in [2.24, 2.45) is 4.99 Å². The lowest BCUT2D eigenvalue weighted by Gasteiger charge is -2.16. The van der Waals surface area contributed by atoms with Gasteiger partial charge in [0.25, 0.3) is 5.91 Å². The number of nitriles is 1. The first kappa shape index (κ1) is 22.2. The highest BCUT2D eigenvalue weighted by atomic mass is 32.2. The second-order valence-corrected chi connectivity index (χ2v) is 9.61. The van der Waals surface area contributed by atoms with Gasteiger partial charge in [0.15, 0.2) is 5.17 Å². The van der Waals surface area contributed by atoms with Gasteiger partial charge in [-0.1, -0.05) is 23.9 Å². The molecule has 1 amide bonds. The molecule has 0 bridgehead atoms. The van der Waals surface area contributed by atoms with Crippen molar-refractivity contribution in [3.63, 3.8) is 0 Å². The van der Waals surface area contributed by atoms with Crippen LogP contribution in [0.4, 0.5) is 17.1 Å². The molecule has 170 valence electrons. The van der Waals surface area contributed by atoms with E-state index in [1.807, 2.05) is 44.3 Å². The molecular formula is C25H21N5O2S2. The van der Waals surface area contributed by atoms with Gasteiger partial charge in [-0.25, -0.2) is 4.99 Å². The molecule has 3 aromatic rings. The van der Waals surface area contributed by atoms with E-state index in [0.717, 1.165) is 21.3 Å². The maximum Gasteiger partial charge on any atom is 0.269 e. The largest absolute Gasteiger partial charge is 0.467 e. The van der Waals surface area contributed by atoms with Crippen LogP contribution in [0.5, 0.6) is 0 Å². The number of furan rings is 1. The molecule has 1 fully saturated rings. The van der Waals surface area contributed by atoms with Crippen LogP contribution in [-0.4, -0.2) is 29.6 Å². The van der Waals surface area contributed by atoms with Crippen LogP contribution in [0, 0.1) is 11.3 Å². The van der Waals surface area contributed by atoms with Crippen molar-refractivity contribution in [1.29, 1.82) is 5.26 Å². The van der Waals surface area contributed by atoms with Gasteiger partial charge in [-0.05, 0) is 61.2 Å². The van der Waals surface area contributed by atoms with Crippen LogP contribution in [0.1, 0.15) is 18.2 Å². The SMILES string of the molecule is CCNc1ccc(C#N)cc1N=C1S/C(=C2\Sc3ccccc3N2C)C(=O)N1Cc1ccco1. The number of nitrogens with zero attached hydrogens (tertiary/aromatic N) is 4. The third kappa shape index (κ3) is 4.06. The van der Waals surface area contributed by atoms with Crippen molar-refractivity contribution >= 4 is 51.7 Å².